The molecule has 0 saturated carbocycles. The van der Waals surface area contributed by atoms with Gasteiger partial charge in [0.15, 0.2) is 0 Å². The highest BCUT2D eigenvalue weighted by molar-refractivity contribution is 5.19. The van der Waals surface area contributed by atoms with Gasteiger partial charge in [-0.2, -0.15) is 0 Å². The number of allylic oxidation sites excluding steroid dienone is 10. The maximum atomic E-state index is 2.12. The SMILES string of the molecule is C1=C/C=C\C=C/C/C=C\C=C1. The Labute approximate surface area is 67.9 Å². The van der Waals surface area contributed by atoms with E-state index in [1.54, 1.807) is 0 Å². The number of rotatable bonds is 0. The molecule has 0 aromatic carbocycles. The van der Waals surface area contributed by atoms with Crippen molar-refractivity contribution in [1.82, 2.24) is 0 Å². The summed E-state index contributed by atoms with van der Waals surface area (Å²) in [5.74, 6) is 0. The van der Waals surface area contributed by atoms with Crippen molar-refractivity contribution in [3.63, 3.8) is 0 Å². The van der Waals surface area contributed by atoms with Crippen LogP contribution in [0.3, 0.4) is 0 Å². The lowest BCUT2D eigenvalue weighted by Crippen LogP contribution is -1.55. The minimum absolute atomic E-state index is 1.01. The predicted octanol–water partition coefficient (Wildman–Crippen LogP) is 3.17. The maximum absolute atomic E-state index is 2.12. The second kappa shape index (κ2) is 5.48. The van der Waals surface area contributed by atoms with E-state index in [2.05, 4.69) is 24.3 Å². The van der Waals surface area contributed by atoms with Crippen LogP contribution >= 0.6 is 0 Å². The fourth-order valence-corrected chi connectivity index (χ4v) is 0.778. The highest BCUT2D eigenvalue weighted by atomic mass is 13.8. The van der Waals surface area contributed by atoms with Crippen LogP contribution in [0.5, 0.6) is 0 Å². The monoisotopic (exact) mass is 144 g/mol. The summed E-state index contributed by atoms with van der Waals surface area (Å²) < 4.78 is 0. The second-order valence-electron chi connectivity index (χ2n) is 2.25. The molecule has 0 heterocycles. The van der Waals surface area contributed by atoms with Gasteiger partial charge >= 0.3 is 0 Å². The van der Waals surface area contributed by atoms with Crippen molar-refractivity contribution in [3.05, 3.63) is 60.8 Å². The third-order valence-corrected chi connectivity index (χ3v) is 1.32. The zero-order chi connectivity index (χ0) is 7.78. The average Bonchev–Trinajstić information content (AvgIpc) is 2.08. The summed E-state index contributed by atoms with van der Waals surface area (Å²) in [7, 11) is 0. The lowest BCUT2D eigenvalue weighted by Gasteiger charge is -1.76. The Bertz CT molecular complexity index is 200. The molecule has 0 aromatic heterocycles. The molecule has 0 saturated heterocycles. The first-order chi connectivity index (χ1) is 5.50. The zero-order valence-electron chi connectivity index (χ0n) is 6.48. The first-order valence-corrected chi connectivity index (χ1v) is 3.82. The summed E-state index contributed by atoms with van der Waals surface area (Å²) >= 11 is 0. The molecule has 1 aliphatic rings. The van der Waals surface area contributed by atoms with Crippen LogP contribution in [0.2, 0.25) is 0 Å². The van der Waals surface area contributed by atoms with Gasteiger partial charge in [0.1, 0.15) is 0 Å². The molecular weight excluding hydrogens is 132 g/mol. The van der Waals surface area contributed by atoms with Gasteiger partial charge in [0.25, 0.3) is 0 Å². The van der Waals surface area contributed by atoms with E-state index in [9.17, 15) is 0 Å². The molecular formula is C11H12. The highest BCUT2D eigenvalue weighted by Gasteiger charge is 1.69. The van der Waals surface area contributed by atoms with Gasteiger partial charge in [-0.1, -0.05) is 60.8 Å². The van der Waals surface area contributed by atoms with Crippen LogP contribution in [0.4, 0.5) is 0 Å². The van der Waals surface area contributed by atoms with Crippen molar-refractivity contribution >= 4 is 0 Å². The Morgan fingerprint density at radius 1 is 0.455 bits per heavy atom. The fourth-order valence-electron chi connectivity index (χ4n) is 0.778. The van der Waals surface area contributed by atoms with E-state index < -0.39 is 0 Å². The fraction of sp³-hybridized carbons (Fsp3) is 0.0909. The molecule has 0 heteroatoms. The Morgan fingerprint density at radius 2 is 0.818 bits per heavy atom. The molecule has 0 N–H and O–H groups in total. The van der Waals surface area contributed by atoms with E-state index in [1.165, 1.54) is 0 Å². The highest BCUT2D eigenvalue weighted by Crippen LogP contribution is 1.90. The van der Waals surface area contributed by atoms with Crippen molar-refractivity contribution in [1.29, 1.82) is 0 Å². The molecule has 0 spiro atoms. The van der Waals surface area contributed by atoms with Gasteiger partial charge in [-0.25, -0.2) is 0 Å². The third-order valence-electron chi connectivity index (χ3n) is 1.32. The van der Waals surface area contributed by atoms with E-state index in [0.717, 1.165) is 6.42 Å². The first-order valence-electron chi connectivity index (χ1n) is 3.82. The smallest absolute Gasteiger partial charge is 0.0163 e. The summed E-state index contributed by atoms with van der Waals surface area (Å²) in [5.41, 5.74) is 0. The average molecular weight is 144 g/mol. The lowest BCUT2D eigenvalue weighted by atomic mass is 10.3. The van der Waals surface area contributed by atoms with Gasteiger partial charge in [-0.15, -0.1) is 0 Å². The third kappa shape index (κ3) is 4.15. The van der Waals surface area contributed by atoms with Gasteiger partial charge in [0.2, 0.25) is 0 Å². The summed E-state index contributed by atoms with van der Waals surface area (Å²) in [5, 5.41) is 0. The lowest BCUT2D eigenvalue weighted by molar-refractivity contribution is 1.39. The minimum Gasteiger partial charge on any atom is -0.0807 e. The summed E-state index contributed by atoms with van der Waals surface area (Å²) in [6.07, 6.45) is 21.5. The van der Waals surface area contributed by atoms with E-state index >= 15 is 0 Å². The van der Waals surface area contributed by atoms with Crippen molar-refractivity contribution < 1.29 is 0 Å². The summed E-state index contributed by atoms with van der Waals surface area (Å²) in [6.45, 7) is 0. The summed E-state index contributed by atoms with van der Waals surface area (Å²) in [4.78, 5) is 0. The van der Waals surface area contributed by atoms with Gasteiger partial charge in [-0.3, -0.25) is 0 Å². The Kier molecular flexibility index (Phi) is 3.89. The maximum Gasteiger partial charge on any atom is -0.0163 e. The van der Waals surface area contributed by atoms with Gasteiger partial charge < -0.3 is 0 Å². The van der Waals surface area contributed by atoms with Crippen LogP contribution in [0.25, 0.3) is 0 Å². The predicted molar refractivity (Wildman–Crippen MR) is 50.3 cm³/mol. The topological polar surface area (TPSA) is 0 Å². The van der Waals surface area contributed by atoms with Crippen LogP contribution in [-0.2, 0) is 0 Å². The zero-order valence-corrected chi connectivity index (χ0v) is 6.48. The Morgan fingerprint density at radius 3 is 1.27 bits per heavy atom. The Hall–Kier alpha value is -1.30. The number of hydrogen-bond donors (Lipinski definition) is 0. The standard InChI is InChI=1S/C11H12/c1-2-4-6-8-10-11-9-7-5-3-1/h1-10H,11H2/b2-1?,5-3-,6-4?,9-7-,10-8-. The normalized spacial score (nSPS) is 25.5. The minimum atomic E-state index is 1.01. The van der Waals surface area contributed by atoms with Crippen LogP contribution in [0.1, 0.15) is 6.42 Å². The molecule has 11 heavy (non-hydrogen) atoms. The number of hydrogen-bond acceptors (Lipinski definition) is 0. The Balaban J connectivity index is 2.61. The molecule has 1 aliphatic carbocycles. The van der Waals surface area contributed by atoms with Crippen LogP contribution in [-0.4, -0.2) is 0 Å². The van der Waals surface area contributed by atoms with Crippen LogP contribution in [0, 0.1) is 0 Å². The van der Waals surface area contributed by atoms with Crippen molar-refractivity contribution in [2.45, 2.75) is 6.42 Å². The van der Waals surface area contributed by atoms with Gasteiger partial charge in [-0.05, 0) is 6.42 Å². The molecule has 0 nitrogen and oxygen atoms in total. The van der Waals surface area contributed by atoms with Crippen molar-refractivity contribution in [2.75, 3.05) is 0 Å². The molecule has 56 valence electrons. The van der Waals surface area contributed by atoms with E-state index in [0.29, 0.717) is 0 Å². The molecule has 0 aromatic rings. The van der Waals surface area contributed by atoms with E-state index in [-0.39, 0.29) is 0 Å². The molecule has 0 atom stereocenters. The van der Waals surface area contributed by atoms with Gasteiger partial charge in [0, 0.05) is 0 Å². The second-order valence-corrected chi connectivity index (χ2v) is 2.25. The molecule has 0 amide bonds. The molecule has 0 unspecified atom stereocenters. The molecule has 0 aliphatic heterocycles. The molecule has 0 radical (unpaired) electrons. The summed E-state index contributed by atoms with van der Waals surface area (Å²) in [6, 6.07) is 0. The molecule has 0 fully saturated rings. The van der Waals surface area contributed by atoms with E-state index in [4.69, 9.17) is 0 Å². The molecule has 0 bridgehead atoms. The first kappa shape index (κ1) is 7.80. The van der Waals surface area contributed by atoms with Crippen LogP contribution in [0.15, 0.2) is 60.8 Å². The van der Waals surface area contributed by atoms with E-state index in [1.807, 2.05) is 36.5 Å². The van der Waals surface area contributed by atoms with Crippen molar-refractivity contribution in [3.8, 4) is 0 Å². The molecule has 1 rings (SSSR count). The largest absolute Gasteiger partial charge is 0.0807 e. The quantitative estimate of drug-likeness (QED) is 0.490. The van der Waals surface area contributed by atoms with Crippen LogP contribution < -0.4 is 0 Å². The van der Waals surface area contributed by atoms with Gasteiger partial charge in [0.05, 0.1) is 0 Å². The van der Waals surface area contributed by atoms with Crippen molar-refractivity contribution in [2.24, 2.45) is 0 Å².